The first-order chi connectivity index (χ1) is 7.32. The molecular formula is C12H23N3S. The van der Waals surface area contributed by atoms with Gasteiger partial charge in [0.15, 0.2) is 5.11 Å². The fraction of sp³-hybridized carbons (Fsp3) is 0.917. The number of thiocarbonyl (C=S) groups is 1. The molecule has 4 heteroatoms. The zero-order chi connectivity index (χ0) is 12.0. The Labute approximate surface area is 104 Å². The van der Waals surface area contributed by atoms with Crippen molar-refractivity contribution in [2.75, 3.05) is 0 Å². The van der Waals surface area contributed by atoms with Crippen molar-refractivity contribution in [1.29, 1.82) is 0 Å². The lowest BCUT2D eigenvalue weighted by atomic mass is 9.83. The molecule has 0 radical (unpaired) electrons. The van der Waals surface area contributed by atoms with Crippen LogP contribution in [0.3, 0.4) is 0 Å². The van der Waals surface area contributed by atoms with E-state index in [9.17, 15) is 0 Å². The second kappa shape index (κ2) is 3.84. The molecule has 0 aromatic rings. The Hall–Kier alpha value is -0.350. The predicted octanol–water partition coefficient (Wildman–Crippen LogP) is 2.39. The van der Waals surface area contributed by atoms with E-state index in [0.717, 1.165) is 11.0 Å². The molecule has 0 amide bonds. The molecule has 1 heterocycles. The van der Waals surface area contributed by atoms with Gasteiger partial charge in [0, 0.05) is 0 Å². The number of nitrogens with one attached hydrogen (secondary N) is 2. The van der Waals surface area contributed by atoms with E-state index in [1.165, 1.54) is 25.7 Å². The zero-order valence-corrected chi connectivity index (χ0v) is 11.6. The highest BCUT2D eigenvalue weighted by molar-refractivity contribution is 7.80. The van der Waals surface area contributed by atoms with Crippen molar-refractivity contribution in [1.82, 2.24) is 15.8 Å². The number of hydrazine groups is 1. The first-order valence-corrected chi connectivity index (χ1v) is 6.63. The van der Waals surface area contributed by atoms with Crippen LogP contribution in [0.25, 0.3) is 0 Å². The average molecular weight is 241 g/mol. The van der Waals surface area contributed by atoms with Crippen LogP contribution in [0, 0.1) is 5.92 Å². The molecule has 92 valence electrons. The summed E-state index contributed by atoms with van der Waals surface area (Å²) in [4.78, 5) is 0. The van der Waals surface area contributed by atoms with Crippen molar-refractivity contribution in [3.8, 4) is 0 Å². The van der Waals surface area contributed by atoms with E-state index >= 15 is 0 Å². The third-order valence-electron chi connectivity index (χ3n) is 3.54. The number of rotatable bonds is 0. The summed E-state index contributed by atoms with van der Waals surface area (Å²) in [6.45, 7) is 8.87. The molecule has 1 saturated heterocycles. The molecule has 0 bridgehead atoms. The molecule has 1 spiro atoms. The van der Waals surface area contributed by atoms with Gasteiger partial charge in [-0.15, -0.1) is 0 Å². The Morgan fingerprint density at radius 2 is 2.12 bits per heavy atom. The van der Waals surface area contributed by atoms with Gasteiger partial charge in [-0.3, -0.25) is 5.01 Å². The fourth-order valence-corrected chi connectivity index (χ4v) is 3.31. The van der Waals surface area contributed by atoms with Crippen LogP contribution in [0.1, 0.15) is 53.4 Å². The van der Waals surface area contributed by atoms with Crippen molar-refractivity contribution in [2.24, 2.45) is 5.92 Å². The third kappa shape index (κ3) is 2.18. The van der Waals surface area contributed by atoms with E-state index in [1.54, 1.807) is 0 Å². The van der Waals surface area contributed by atoms with Crippen LogP contribution in [0.4, 0.5) is 0 Å². The Morgan fingerprint density at radius 3 is 2.62 bits per heavy atom. The van der Waals surface area contributed by atoms with Crippen molar-refractivity contribution >= 4 is 17.3 Å². The number of hydrogen-bond acceptors (Lipinski definition) is 2. The van der Waals surface area contributed by atoms with E-state index in [2.05, 4.69) is 43.4 Å². The van der Waals surface area contributed by atoms with E-state index in [1.807, 2.05) is 0 Å². The van der Waals surface area contributed by atoms with Crippen molar-refractivity contribution in [2.45, 2.75) is 64.6 Å². The molecule has 2 aliphatic rings. The maximum Gasteiger partial charge on any atom is 0.185 e. The van der Waals surface area contributed by atoms with Gasteiger partial charge in [-0.25, -0.2) is 5.43 Å². The lowest BCUT2D eigenvalue weighted by Gasteiger charge is -2.39. The van der Waals surface area contributed by atoms with Gasteiger partial charge < -0.3 is 5.32 Å². The summed E-state index contributed by atoms with van der Waals surface area (Å²) in [7, 11) is 0. The Morgan fingerprint density at radius 1 is 1.44 bits per heavy atom. The van der Waals surface area contributed by atoms with Gasteiger partial charge >= 0.3 is 0 Å². The molecule has 0 aromatic heterocycles. The van der Waals surface area contributed by atoms with Crippen LogP contribution < -0.4 is 10.7 Å². The molecule has 3 nitrogen and oxygen atoms in total. The number of nitrogens with zero attached hydrogens (tertiary/aromatic N) is 1. The van der Waals surface area contributed by atoms with Gasteiger partial charge in [0.05, 0.1) is 5.54 Å². The van der Waals surface area contributed by atoms with Crippen LogP contribution >= 0.6 is 12.2 Å². The molecular weight excluding hydrogens is 218 g/mol. The Kier molecular flexibility index (Phi) is 2.91. The Balaban J connectivity index is 2.13. The number of hydrogen-bond donors (Lipinski definition) is 2. The van der Waals surface area contributed by atoms with Crippen molar-refractivity contribution in [3.63, 3.8) is 0 Å². The minimum Gasteiger partial charge on any atom is -0.342 e. The van der Waals surface area contributed by atoms with Crippen LogP contribution in [0.5, 0.6) is 0 Å². The molecule has 2 rings (SSSR count). The minimum atomic E-state index is 0.0298. The van der Waals surface area contributed by atoms with Crippen LogP contribution in [0.2, 0.25) is 0 Å². The summed E-state index contributed by atoms with van der Waals surface area (Å²) in [5, 5.41) is 6.46. The van der Waals surface area contributed by atoms with E-state index in [-0.39, 0.29) is 11.2 Å². The second-order valence-electron chi connectivity index (χ2n) is 6.33. The summed E-state index contributed by atoms with van der Waals surface area (Å²) in [6.07, 6.45) is 4.96. The standard InChI is InChI=1S/C12H23N3S/c1-9-6-5-7-12(8-9)13-10(16)15(14-12)11(2,3)4/h9,14H,5-8H2,1-4H3,(H,13,16)/t9-,12+/m0/s1. The topological polar surface area (TPSA) is 27.3 Å². The van der Waals surface area contributed by atoms with Gasteiger partial charge in [-0.1, -0.05) is 13.3 Å². The molecule has 0 aromatic carbocycles. The molecule has 1 aliphatic carbocycles. The Bertz CT molecular complexity index is 297. The minimum absolute atomic E-state index is 0.0298. The smallest absolute Gasteiger partial charge is 0.185 e. The van der Waals surface area contributed by atoms with E-state index < -0.39 is 0 Å². The third-order valence-corrected chi connectivity index (χ3v) is 3.83. The highest BCUT2D eigenvalue weighted by atomic mass is 32.1. The lowest BCUT2D eigenvalue weighted by Crippen LogP contribution is -2.56. The molecule has 2 fully saturated rings. The van der Waals surface area contributed by atoms with Gasteiger partial charge in [-0.2, -0.15) is 0 Å². The average Bonchev–Trinajstić information content (AvgIpc) is 2.41. The molecule has 2 N–H and O–H groups in total. The summed E-state index contributed by atoms with van der Waals surface area (Å²) >= 11 is 5.43. The molecule has 2 atom stereocenters. The second-order valence-corrected chi connectivity index (χ2v) is 6.72. The lowest BCUT2D eigenvalue weighted by molar-refractivity contribution is 0.0901. The maximum atomic E-state index is 5.43. The van der Waals surface area contributed by atoms with Crippen LogP contribution in [-0.4, -0.2) is 21.3 Å². The molecule has 16 heavy (non-hydrogen) atoms. The zero-order valence-electron chi connectivity index (χ0n) is 10.8. The van der Waals surface area contributed by atoms with Gasteiger partial charge in [0.2, 0.25) is 0 Å². The van der Waals surface area contributed by atoms with Crippen LogP contribution in [0.15, 0.2) is 0 Å². The predicted molar refractivity (Wildman–Crippen MR) is 70.8 cm³/mol. The highest BCUT2D eigenvalue weighted by Gasteiger charge is 2.45. The molecule has 1 saturated carbocycles. The fourth-order valence-electron chi connectivity index (χ4n) is 2.79. The quantitative estimate of drug-likeness (QED) is 0.637. The first-order valence-electron chi connectivity index (χ1n) is 6.23. The van der Waals surface area contributed by atoms with Gasteiger partial charge in [-0.05, 0) is 58.2 Å². The monoisotopic (exact) mass is 241 g/mol. The molecule has 1 aliphatic heterocycles. The van der Waals surface area contributed by atoms with E-state index in [4.69, 9.17) is 12.2 Å². The first kappa shape index (κ1) is 12.1. The normalized spacial score (nSPS) is 35.6. The summed E-state index contributed by atoms with van der Waals surface area (Å²) in [6, 6.07) is 0. The van der Waals surface area contributed by atoms with Crippen LogP contribution in [-0.2, 0) is 0 Å². The van der Waals surface area contributed by atoms with Crippen molar-refractivity contribution < 1.29 is 0 Å². The maximum absolute atomic E-state index is 5.43. The summed E-state index contributed by atoms with van der Waals surface area (Å²) < 4.78 is 0. The SMILES string of the molecule is C[C@H]1CCC[C@@]2(C1)NC(=S)N(C(C)(C)C)N2. The van der Waals surface area contributed by atoms with E-state index in [0.29, 0.717) is 0 Å². The summed E-state index contributed by atoms with van der Waals surface area (Å²) in [5.41, 5.74) is 3.67. The molecule has 0 unspecified atom stereocenters. The largest absolute Gasteiger partial charge is 0.342 e. The highest BCUT2D eigenvalue weighted by Crippen LogP contribution is 2.34. The summed E-state index contributed by atoms with van der Waals surface area (Å²) in [5.74, 6) is 0.775. The van der Waals surface area contributed by atoms with Gasteiger partial charge in [0.1, 0.15) is 5.66 Å². The van der Waals surface area contributed by atoms with Gasteiger partial charge in [0.25, 0.3) is 0 Å². The van der Waals surface area contributed by atoms with Crippen molar-refractivity contribution in [3.05, 3.63) is 0 Å².